The quantitative estimate of drug-likeness (QED) is 0.490. The SMILES string of the molecule is CCCOC(=O)c1cccc(NC(=O)CCCOc2ccc(CC)cc2)c1. The van der Waals surface area contributed by atoms with E-state index in [2.05, 4.69) is 12.2 Å². The summed E-state index contributed by atoms with van der Waals surface area (Å²) in [7, 11) is 0. The third kappa shape index (κ3) is 7.13. The highest BCUT2D eigenvalue weighted by molar-refractivity contribution is 5.94. The summed E-state index contributed by atoms with van der Waals surface area (Å²) in [5.41, 5.74) is 2.28. The number of amides is 1. The molecule has 0 saturated heterocycles. The van der Waals surface area contributed by atoms with Crippen LogP contribution >= 0.6 is 0 Å². The van der Waals surface area contributed by atoms with Crippen LogP contribution in [0.2, 0.25) is 0 Å². The molecule has 1 N–H and O–H groups in total. The Bertz CT molecular complexity index is 740. The van der Waals surface area contributed by atoms with Gasteiger partial charge in [-0.05, 0) is 55.2 Å². The second-order valence-corrected chi connectivity index (χ2v) is 6.21. The van der Waals surface area contributed by atoms with Crippen molar-refractivity contribution in [2.45, 2.75) is 39.5 Å². The van der Waals surface area contributed by atoms with Crippen molar-refractivity contribution in [2.24, 2.45) is 0 Å². The number of carbonyl (C=O) groups is 2. The van der Waals surface area contributed by atoms with Gasteiger partial charge in [0.05, 0.1) is 18.8 Å². The van der Waals surface area contributed by atoms with Gasteiger partial charge in [0.15, 0.2) is 0 Å². The van der Waals surface area contributed by atoms with Gasteiger partial charge in [0.25, 0.3) is 0 Å². The van der Waals surface area contributed by atoms with Crippen molar-refractivity contribution in [3.05, 3.63) is 59.7 Å². The zero-order chi connectivity index (χ0) is 19.5. The predicted molar refractivity (Wildman–Crippen MR) is 106 cm³/mol. The van der Waals surface area contributed by atoms with Crippen LogP contribution in [-0.2, 0) is 16.0 Å². The van der Waals surface area contributed by atoms with Crippen LogP contribution in [-0.4, -0.2) is 25.1 Å². The summed E-state index contributed by atoms with van der Waals surface area (Å²) in [6.45, 7) is 4.91. The largest absolute Gasteiger partial charge is 0.494 e. The van der Waals surface area contributed by atoms with E-state index in [1.807, 2.05) is 31.2 Å². The van der Waals surface area contributed by atoms with E-state index < -0.39 is 0 Å². The maximum Gasteiger partial charge on any atom is 0.338 e. The smallest absolute Gasteiger partial charge is 0.338 e. The van der Waals surface area contributed by atoms with Gasteiger partial charge in [0, 0.05) is 12.1 Å². The van der Waals surface area contributed by atoms with Crippen molar-refractivity contribution < 1.29 is 19.1 Å². The summed E-state index contributed by atoms with van der Waals surface area (Å²) in [5, 5.41) is 2.80. The van der Waals surface area contributed by atoms with Crippen molar-refractivity contribution in [1.29, 1.82) is 0 Å². The Morgan fingerprint density at radius 3 is 2.48 bits per heavy atom. The number of aryl methyl sites for hydroxylation is 1. The highest BCUT2D eigenvalue weighted by Crippen LogP contribution is 2.14. The lowest BCUT2D eigenvalue weighted by molar-refractivity contribution is -0.116. The van der Waals surface area contributed by atoms with Crippen LogP contribution in [0.4, 0.5) is 5.69 Å². The van der Waals surface area contributed by atoms with Crippen LogP contribution in [0, 0.1) is 0 Å². The average molecular weight is 369 g/mol. The van der Waals surface area contributed by atoms with E-state index in [1.165, 1.54) is 5.56 Å². The van der Waals surface area contributed by atoms with Gasteiger partial charge in [-0.25, -0.2) is 4.79 Å². The van der Waals surface area contributed by atoms with Crippen LogP contribution in [0.5, 0.6) is 5.75 Å². The lowest BCUT2D eigenvalue weighted by Crippen LogP contribution is -2.13. The van der Waals surface area contributed by atoms with E-state index >= 15 is 0 Å². The molecule has 0 aliphatic rings. The molecule has 0 aromatic heterocycles. The highest BCUT2D eigenvalue weighted by atomic mass is 16.5. The van der Waals surface area contributed by atoms with Gasteiger partial charge >= 0.3 is 5.97 Å². The number of benzene rings is 2. The van der Waals surface area contributed by atoms with Gasteiger partial charge in [-0.15, -0.1) is 0 Å². The molecule has 0 unspecified atom stereocenters. The molecule has 5 nitrogen and oxygen atoms in total. The number of anilines is 1. The van der Waals surface area contributed by atoms with E-state index in [-0.39, 0.29) is 11.9 Å². The van der Waals surface area contributed by atoms with Gasteiger partial charge in [0.1, 0.15) is 5.75 Å². The lowest BCUT2D eigenvalue weighted by atomic mass is 10.2. The third-order valence-electron chi connectivity index (χ3n) is 3.97. The van der Waals surface area contributed by atoms with Crippen LogP contribution in [0.1, 0.15) is 49.0 Å². The Morgan fingerprint density at radius 2 is 1.78 bits per heavy atom. The van der Waals surface area contributed by atoms with Gasteiger partial charge in [-0.1, -0.05) is 32.0 Å². The average Bonchev–Trinajstić information content (AvgIpc) is 2.70. The van der Waals surface area contributed by atoms with Crippen molar-refractivity contribution >= 4 is 17.6 Å². The minimum atomic E-state index is -0.379. The summed E-state index contributed by atoms with van der Waals surface area (Å²) in [5.74, 6) is 0.320. The molecule has 27 heavy (non-hydrogen) atoms. The molecule has 2 aromatic carbocycles. The molecule has 0 aliphatic heterocycles. The lowest BCUT2D eigenvalue weighted by Gasteiger charge is -2.09. The number of hydrogen-bond donors (Lipinski definition) is 1. The molecule has 0 bridgehead atoms. The fourth-order valence-electron chi connectivity index (χ4n) is 2.47. The Kier molecular flexibility index (Phi) is 8.36. The molecule has 1 amide bonds. The van der Waals surface area contributed by atoms with Gasteiger partial charge in [-0.3, -0.25) is 4.79 Å². The summed E-state index contributed by atoms with van der Waals surface area (Å²) in [6.07, 6.45) is 2.72. The standard InChI is InChI=1S/C22H27NO4/c1-3-14-27-22(25)18-7-5-8-19(16-18)23-21(24)9-6-15-26-20-12-10-17(4-2)11-13-20/h5,7-8,10-13,16H,3-4,6,9,14-15H2,1-2H3,(H,23,24). The fourth-order valence-corrected chi connectivity index (χ4v) is 2.47. The van der Waals surface area contributed by atoms with Gasteiger partial charge in [-0.2, -0.15) is 0 Å². The summed E-state index contributed by atoms with van der Waals surface area (Å²) in [4.78, 5) is 24.0. The number of carbonyl (C=O) groups excluding carboxylic acids is 2. The number of esters is 1. The van der Waals surface area contributed by atoms with Crippen molar-refractivity contribution in [3.8, 4) is 5.75 Å². The molecule has 0 fully saturated rings. The Morgan fingerprint density at radius 1 is 1.00 bits per heavy atom. The molecule has 0 radical (unpaired) electrons. The number of hydrogen-bond acceptors (Lipinski definition) is 4. The molecule has 0 heterocycles. The van der Waals surface area contributed by atoms with E-state index in [9.17, 15) is 9.59 Å². The Hall–Kier alpha value is -2.82. The zero-order valence-electron chi connectivity index (χ0n) is 16.0. The monoisotopic (exact) mass is 369 g/mol. The molecule has 0 spiro atoms. The van der Waals surface area contributed by atoms with E-state index in [4.69, 9.17) is 9.47 Å². The first-order chi connectivity index (χ1) is 13.1. The molecule has 144 valence electrons. The Balaban J connectivity index is 1.74. The summed E-state index contributed by atoms with van der Waals surface area (Å²) >= 11 is 0. The van der Waals surface area contributed by atoms with Gasteiger partial charge in [0.2, 0.25) is 5.91 Å². The normalized spacial score (nSPS) is 10.3. The van der Waals surface area contributed by atoms with Crippen LogP contribution < -0.4 is 10.1 Å². The summed E-state index contributed by atoms with van der Waals surface area (Å²) in [6, 6.07) is 14.7. The molecular weight excluding hydrogens is 342 g/mol. The van der Waals surface area contributed by atoms with Crippen molar-refractivity contribution in [2.75, 3.05) is 18.5 Å². The molecule has 2 aromatic rings. The molecule has 5 heteroatoms. The molecular formula is C22H27NO4. The minimum absolute atomic E-state index is 0.112. The number of nitrogens with one attached hydrogen (secondary N) is 1. The van der Waals surface area contributed by atoms with Crippen LogP contribution in [0.15, 0.2) is 48.5 Å². The van der Waals surface area contributed by atoms with E-state index in [1.54, 1.807) is 24.3 Å². The topological polar surface area (TPSA) is 64.6 Å². The van der Waals surface area contributed by atoms with Crippen LogP contribution in [0.25, 0.3) is 0 Å². The van der Waals surface area contributed by atoms with Gasteiger partial charge < -0.3 is 14.8 Å². The van der Waals surface area contributed by atoms with E-state index in [0.717, 1.165) is 18.6 Å². The second kappa shape index (κ2) is 11.0. The maximum absolute atomic E-state index is 12.1. The second-order valence-electron chi connectivity index (χ2n) is 6.21. The van der Waals surface area contributed by atoms with E-state index in [0.29, 0.717) is 37.3 Å². The first-order valence-electron chi connectivity index (χ1n) is 9.41. The molecule has 0 atom stereocenters. The van der Waals surface area contributed by atoms with Crippen molar-refractivity contribution in [1.82, 2.24) is 0 Å². The zero-order valence-corrected chi connectivity index (χ0v) is 16.0. The number of ether oxygens (including phenoxy) is 2. The molecule has 0 aliphatic carbocycles. The van der Waals surface area contributed by atoms with Crippen LogP contribution in [0.3, 0.4) is 0 Å². The first kappa shape index (κ1) is 20.5. The molecule has 2 rings (SSSR count). The molecule has 0 saturated carbocycles. The minimum Gasteiger partial charge on any atom is -0.494 e. The third-order valence-corrected chi connectivity index (χ3v) is 3.97. The fraction of sp³-hybridized carbons (Fsp3) is 0.364. The maximum atomic E-state index is 12.1. The summed E-state index contributed by atoms with van der Waals surface area (Å²) < 4.78 is 10.8. The first-order valence-corrected chi connectivity index (χ1v) is 9.41. The van der Waals surface area contributed by atoms with Crippen molar-refractivity contribution in [3.63, 3.8) is 0 Å². The predicted octanol–water partition coefficient (Wildman–Crippen LogP) is 4.61. The number of rotatable bonds is 10. The Labute approximate surface area is 160 Å². The highest BCUT2D eigenvalue weighted by Gasteiger charge is 2.09.